The molecule has 0 radical (unpaired) electrons. The molecular weight excluding hydrogens is 204 g/mol. The second-order valence-electron chi connectivity index (χ2n) is 5.00. The van der Waals surface area contributed by atoms with Gasteiger partial charge in [-0.3, -0.25) is 9.59 Å². The summed E-state index contributed by atoms with van der Waals surface area (Å²) in [5.41, 5.74) is 0. The van der Waals surface area contributed by atoms with Crippen LogP contribution in [0, 0.1) is 5.92 Å². The van der Waals surface area contributed by atoms with E-state index < -0.39 is 0 Å². The Kier molecular flexibility index (Phi) is 3.17. The molecule has 1 aliphatic heterocycles. The van der Waals surface area contributed by atoms with E-state index in [1.807, 2.05) is 18.7 Å². The Balaban J connectivity index is 1.86. The molecule has 1 saturated carbocycles. The Morgan fingerprint density at radius 1 is 1.56 bits per heavy atom. The van der Waals surface area contributed by atoms with Gasteiger partial charge < -0.3 is 10.2 Å². The normalized spacial score (nSPS) is 27.0. The number of likely N-dealkylation sites (tertiary alicyclic amines) is 1. The van der Waals surface area contributed by atoms with Gasteiger partial charge in [-0.15, -0.1) is 0 Å². The summed E-state index contributed by atoms with van der Waals surface area (Å²) in [7, 11) is 0. The van der Waals surface area contributed by atoms with Crippen LogP contribution in [0.5, 0.6) is 0 Å². The van der Waals surface area contributed by atoms with Crippen molar-refractivity contribution >= 4 is 11.8 Å². The Morgan fingerprint density at radius 2 is 2.25 bits per heavy atom. The van der Waals surface area contributed by atoms with Crippen LogP contribution in [0.4, 0.5) is 0 Å². The van der Waals surface area contributed by atoms with Crippen LogP contribution in [-0.4, -0.2) is 35.3 Å². The molecule has 1 N–H and O–H groups in total. The molecule has 4 nitrogen and oxygen atoms in total. The van der Waals surface area contributed by atoms with Crippen molar-refractivity contribution in [2.75, 3.05) is 6.54 Å². The fourth-order valence-electron chi connectivity index (χ4n) is 2.11. The summed E-state index contributed by atoms with van der Waals surface area (Å²) in [4.78, 5) is 25.4. The number of carbonyl (C=O) groups is 2. The highest BCUT2D eigenvalue weighted by atomic mass is 16.2. The molecule has 2 amide bonds. The molecule has 4 heteroatoms. The third-order valence-electron chi connectivity index (χ3n) is 3.52. The lowest BCUT2D eigenvalue weighted by Crippen LogP contribution is -2.38. The van der Waals surface area contributed by atoms with Crippen molar-refractivity contribution in [3.8, 4) is 0 Å². The summed E-state index contributed by atoms with van der Waals surface area (Å²) in [6, 6.07) is 0.645. The van der Waals surface area contributed by atoms with E-state index in [4.69, 9.17) is 0 Å². The van der Waals surface area contributed by atoms with Gasteiger partial charge in [0.2, 0.25) is 11.8 Å². The van der Waals surface area contributed by atoms with E-state index in [9.17, 15) is 9.59 Å². The molecule has 2 fully saturated rings. The van der Waals surface area contributed by atoms with E-state index >= 15 is 0 Å². The molecule has 0 aromatic carbocycles. The van der Waals surface area contributed by atoms with Gasteiger partial charge in [0, 0.05) is 25.0 Å². The van der Waals surface area contributed by atoms with Crippen LogP contribution in [-0.2, 0) is 9.59 Å². The lowest BCUT2D eigenvalue weighted by Gasteiger charge is -2.17. The Morgan fingerprint density at radius 3 is 2.81 bits per heavy atom. The third kappa shape index (κ3) is 2.36. The maximum atomic E-state index is 11.9. The average Bonchev–Trinajstić information content (AvgIpc) is 3.02. The number of nitrogens with one attached hydrogen (secondary N) is 1. The highest BCUT2D eigenvalue weighted by Crippen LogP contribution is 2.32. The van der Waals surface area contributed by atoms with Crippen LogP contribution in [0.1, 0.15) is 39.5 Å². The smallest absolute Gasteiger partial charge is 0.225 e. The highest BCUT2D eigenvalue weighted by Gasteiger charge is 2.41. The number of amides is 2. The summed E-state index contributed by atoms with van der Waals surface area (Å²) >= 11 is 0. The minimum absolute atomic E-state index is 0.0471. The summed E-state index contributed by atoms with van der Waals surface area (Å²) in [6.07, 6.45) is 3.56. The van der Waals surface area contributed by atoms with Crippen molar-refractivity contribution in [3.63, 3.8) is 0 Å². The summed E-state index contributed by atoms with van der Waals surface area (Å²) in [5.74, 6) is 0.0831. The molecule has 0 spiro atoms. The van der Waals surface area contributed by atoms with Crippen LogP contribution in [0.2, 0.25) is 0 Å². The number of hydrogen-bond acceptors (Lipinski definition) is 2. The van der Waals surface area contributed by atoms with E-state index in [1.54, 1.807) is 0 Å². The quantitative estimate of drug-likeness (QED) is 0.771. The fraction of sp³-hybridized carbons (Fsp3) is 0.833. The van der Waals surface area contributed by atoms with Gasteiger partial charge in [0.15, 0.2) is 0 Å². The van der Waals surface area contributed by atoms with Crippen molar-refractivity contribution in [1.29, 1.82) is 0 Å². The minimum Gasteiger partial charge on any atom is -0.353 e. The second-order valence-corrected chi connectivity index (χ2v) is 5.00. The topological polar surface area (TPSA) is 49.4 Å². The molecule has 1 aliphatic carbocycles. The summed E-state index contributed by atoms with van der Waals surface area (Å²) in [6.45, 7) is 4.67. The number of carbonyl (C=O) groups excluding carboxylic acids is 2. The van der Waals surface area contributed by atoms with Crippen LogP contribution < -0.4 is 5.32 Å². The van der Waals surface area contributed by atoms with Crippen LogP contribution in [0.25, 0.3) is 0 Å². The number of hydrogen-bond donors (Lipinski definition) is 1. The first-order chi connectivity index (χ1) is 7.61. The first-order valence-electron chi connectivity index (χ1n) is 6.21. The first-order valence-corrected chi connectivity index (χ1v) is 6.21. The predicted molar refractivity (Wildman–Crippen MR) is 60.7 cm³/mol. The van der Waals surface area contributed by atoms with Crippen molar-refractivity contribution in [1.82, 2.24) is 10.2 Å². The lowest BCUT2D eigenvalue weighted by atomic mass is 10.1. The van der Waals surface area contributed by atoms with Crippen molar-refractivity contribution < 1.29 is 9.59 Å². The van der Waals surface area contributed by atoms with E-state index in [1.165, 1.54) is 0 Å². The molecule has 0 aromatic rings. The maximum absolute atomic E-state index is 11.9. The summed E-state index contributed by atoms with van der Waals surface area (Å²) in [5, 5.41) is 2.95. The van der Waals surface area contributed by atoms with Crippen molar-refractivity contribution in [2.24, 2.45) is 5.92 Å². The van der Waals surface area contributed by atoms with E-state index in [0.29, 0.717) is 19.0 Å². The van der Waals surface area contributed by atoms with E-state index in [-0.39, 0.29) is 23.8 Å². The standard InChI is InChI=1S/C12H20N2O2/c1-3-8(2)13-12(16)9-6-11(15)14(7-9)10-4-5-10/h8-10H,3-7H2,1-2H3,(H,13,16). The molecule has 2 aliphatic rings. The van der Waals surface area contributed by atoms with Gasteiger partial charge in [-0.25, -0.2) is 0 Å². The zero-order valence-electron chi connectivity index (χ0n) is 10.0. The largest absolute Gasteiger partial charge is 0.353 e. The fourth-order valence-corrected chi connectivity index (χ4v) is 2.11. The van der Waals surface area contributed by atoms with E-state index in [0.717, 1.165) is 19.3 Å². The molecule has 2 rings (SSSR count). The van der Waals surface area contributed by atoms with Gasteiger partial charge in [0.25, 0.3) is 0 Å². The van der Waals surface area contributed by atoms with Crippen LogP contribution in [0.3, 0.4) is 0 Å². The number of rotatable bonds is 4. The minimum atomic E-state index is -0.123. The van der Waals surface area contributed by atoms with E-state index in [2.05, 4.69) is 5.32 Å². The Hall–Kier alpha value is -1.06. The molecular formula is C12H20N2O2. The average molecular weight is 224 g/mol. The Bertz CT molecular complexity index is 299. The highest BCUT2D eigenvalue weighted by molar-refractivity contribution is 5.89. The summed E-state index contributed by atoms with van der Waals surface area (Å²) < 4.78 is 0. The molecule has 16 heavy (non-hydrogen) atoms. The molecule has 2 atom stereocenters. The van der Waals surface area contributed by atoms with Gasteiger partial charge in [0.1, 0.15) is 0 Å². The molecule has 0 bridgehead atoms. The van der Waals surface area contributed by atoms with Crippen LogP contribution in [0.15, 0.2) is 0 Å². The predicted octanol–water partition coefficient (Wildman–Crippen LogP) is 0.912. The molecule has 1 saturated heterocycles. The van der Waals surface area contributed by atoms with Gasteiger partial charge in [-0.1, -0.05) is 6.92 Å². The Labute approximate surface area is 96.4 Å². The second kappa shape index (κ2) is 4.44. The molecule has 0 aromatic heterocycles. The van der Waals surface area contributed by atoms with Gasteiger partial charge >= 0.3 is 0 Å². The number of nitrogens with zero attached hydrogens (tertiary/aromatic N) is 1. The monoisotopic (exact) mass is 224 g/mol. The van der Waals surface area contributed by atoms with Crippen molar-refractivity contribution in [2.45, 2.75) is 51.6 Å². The van der Waals surface area contributed by atoms with Crippen LogP contribution >= 0.6 is 0 Å². The molecule has 2 unspecified atom stereocenters. The maximum Gasteiger partial charge on any atom is 0.225 e. The third-order valence-corrected chi connectivity index (χ3v) is 3.52. The van der Waals surface area contributed by atoms with Gasteiger partial charge in [-0.2, -0.15) is 0 Å². The lowest BCUT2D eigenvalue weighted by molar-refractivity contribution is -0.129. The SMILES string of the molecule is CCC(C)NC(=O)C1CC(=O)N(C2CC2)C1. The molecule has 1 heterocycles. The van der Waals surface area contributed by atoms with Gasteiger partial charge in [0.05, 0.1) is 5.92 Å². The zero-order valence-corrected chi connectivity index (χ0v) is 10.0. The molecule has 90 valence electrons. The zero-order chi connectivity index (χ0) is 11.7. The van der Waals surface area contributed by atoms with Gasteiger partial charge in [-0.05, 0) is 26.2 Å². The van der Waals surface area contributed by atoms with Crippen molar-refractivity contribution in [3.05, 3.63) is 0 Å². The first kappa shape index (κ1) is 11.4.